The van der Waals surface area contributed by atoms with Crippen molar-refractivity contribution in [1.82, 2.24) is 5.32 Å². The van der Waals surface area contributed by atoms with Crippen molar-refractivity contribution < 1.29 is 13.9 Å². The fourth-order valence-electron chi connectivity index (χ4n) is 1.90. The highest BCUT2D eigenvalue weighted by Crippen LogP contribution is 2.23. The predicted octanol–water partition coefficient (Wildman–Crippen LogP) is 3.70. The molecule has 5 heteroatoms. The lowest BCUT2D eigenvalue weighted by molar-refractivity contribution is 0.0943. The van der Waals surface area contributed by atoms with Gasteiger partial charge in [-0.25, -0.2) is 4.39 Å². The molecule has 1 N–H and O–H groups in total. The first kappa shape index (κ1) is 14.5. The largest absolute Gasteiger partial charge is 0.494 e. The summed E-state index contributed by atoms with van der Waals surface area (Å²) in [5, 5.41) is 4.75. The predicted molar refractivity (Wildman–Crippen MR) is 77.9 cm³/mol. The zero-order chi connectivity index (χ0) is 14.7. The van der Waals surface area contributed by atoms with Crippen LogP contribution in [0.5, 0.6) is 5.75 Å². The summed E-state index contributed by atoms with van der Waals surface area (Å²) in [6, 6.07) is 6.31. The number of benzene rings is 1. The van der Waals surface area contributed by atoms with Crippen molar-refractivity contribution in [2.24, 2.45) is 0 Å². The molecule has 106 valence electrons. The van der Waals surface area contributed by atoms with Crippen molar-refractivity contribution in [3.05, 3.63) is 51.5 Å². The Labute approximate surface area is 121 Å². The van der Waals surface area contributed by atoms with Gasteiger partial charge in [0.25, 0.3) is 5.91 Å². The van der Waals surface area contributed by atoms with Crippen LogP contribution in [0.25, 0.3) is 0 Å². The third-order valence-electron chi connectivity index (χ3n) is 3.09. The van der Waals surface area contributed by atoms with Crippen LogP contribution in [0.4, 0.5) is 4.39 Å². The summed E-state index contributed by atoms with van der Waals surface area (Å²) < 4.78 is 18.5. The minimum Gasteiger partial charge on any atom is -0.494 e. The first-order valence-electron chi connectivity index (χ1n) is 6.21. The number of rotatable bonds is 4. The van der Waals surface area contributed by atoms with E-state index in [2.05, 4.69) is 5.32 Å². The molecular weight excluding hydrogens is 277 g/mol. The van der Waals surface area contributed by atoms with Gasteiger partial charge in [-0.1, -0.05) is 6.07 Å². The van der Waals surface area contributed by atoms with Crippen LogP contribution >= 0.6 is 11.3 Å². The Hall–Kier alpha value is -1.88. The molecule has 0 radical (unpaired) electrons. The molecule has 20 heavy (non-hydrogen) atoms. The van der Waals surface area contributed by atoms with Gasteiger partial charge >= 0.3 is 0 Å². The lowest BCUT2D eigenvalue weighted by atomic mass is 10.1. The van der Waals surface area contributed by atoms with Gasteiger partial charge in [-0.05, 0) is 48.6 Å². The molecule has 0 spiro atoms. The molecule has 2 aromatic rings. The van der Waals surface area contributed by atoms with Crippen LogP contribution in [0, 0.1) is 12.7 Å². The minimum absolute atomic E-state index is 0.138. The van der Waals surface area contributed by atoms with E-state index in [-0.39, 0.29) is 17.7 Å². The van der Waals surface area contributed by atoms with E-state index < -0.39 is 5.82 Å². The number of carbonyl (C=O) groups is 1. The van der Waals surface area contributed by atoms with Crippen LogP contribution in [-0.4, -0.2) is 13.0 Å². The molecule has 1 amide bonds. The maximum Gasteiger partial charge on any atom is 0.262 e. The summed E-state index contributed by atoms with van der Waals surface area (Å²) >= 11 is 1.40. The van der Waals surface area contributed by atoms with Gasteiger partial charge in [0, 0.05) is 0 Å². The molecule has 3 nitrogen and oxygen atoms in total. The second kappa shape index (κ2) is 6.05. The van der Waals surface area contributed by atoms with Crippen molar-refractivity contribution in [2.75, 3.05) is 7.11 Å². The van der Waals surface area contributed by atoms with E-state index in [1.54, 1.807) is 12.1 Å². The lowest BCUT2D eigenvalue weighted by Crippen LogP contribution is -2.26. The first-order valence-corrected chi connectivity index (χ1v) is 7.09. The number of aryl methyl sites for hydroxylation is 1. The Morgan fingerprint density at radius 1 is 1.40 bits per heavy atom. The molecule has 1 aromatic carbocycles. The zero-order valence-electron chi connectivity index (χ0n) is 11.6. The summed E-state index contributed by atoms with van der Waals surface area (Å²) in [4.78, 5) is 12.8. The summed E-state index contributed by atoms with van der Waals surface area (Å²) in [7, 11) is 1.42. The molecule has 2 rings (SSSR count). The van der Waals surface area contributed by atoms with Crippen LogP contribution in [0.1, 0.15) is 33.8 Å². The topological polar surface area (TPSA) is 38.3 Å². The molecule has 0 unspecified atom stereocenters. The highest BCUT2D eigenvalue weighted by molar-refractivity contribution is 7.12. The number of thiophene rings is 1. The average molecular weight is 293 g/mol. The first-order chi connectivity index (χ1) is 9.52. The van der Waals surface area contributed by atoms with Crippen molar-refractivity contribution in [3.63, 3.8) is 0 Å². The number of nitrogens with one attached hydrogen (secondary N) is 1. The molecule has 0 aliphatic rings. The molecule has 0 saturated heterocycles. The van der Waals surface area contributed by atoms with Gasteiger partial charge in [0.15, 0.2) is 11.6 Å². The number of hydrogen-bond donors (Lipinski definition) is 1. The molecule has 0 bridgehead atoms. The van der Waals surface area contributed by atoms with Crippen molar-refractivity contribution in [1.29, 1.82) is 0 Å². The molecule has 0 fully saturated rings. The lowest BCUT2D eigenvalue weighted by Gasteiger charge is -2.15. The van der Waals surface area contributed by atoms with Crippen LogP contribution in [0.3, 0.4) is 0 Å². The van der Waals surface area contributed by atoms with E-state index in [0.717, 1.165) is 5.56 Å². The molecular formula is C15H16FNO2S. The highest BCUT2D eigenvalue weighted by atomic mass is 32.1. The van der Waals surface area contributed by atoms with E-state index in [0.29, 0.717) is 10.4 Å². The third-order valence-corrected chi connectivity index (χ3v) is 4.11. The van der Waals surface area contributed by atoms with Gasteiger partial charge in [-0.3, -0.25) is 4.79 Å². The Balaban J connectivity index is 2.12. The highest BCUT2D eigenvalue weighted by Gasteiger charge is 2.15. The summed E-state index contributed by atoms with van der Waals surface area (Å²) in [5.74, 6) is -0.374. The van der Waals surface area contributed by atoms with Crippen LogP contribution in [-0.2, 0) is 0 Å². The number of ether oxygens (including phenoxy) is 1. The third kappa shape index (κ3) is 2.99. The van der Waals surface area contributed by atoms with Gasteiger partial charge in [-0.2, -0.15) is 0 Å². The van der Waals surface area contributed by atoms with Crippen molar-refractivity contribution in [3.8, 4) is 5.75 Å². The molecule has 1 atom stereocenters. The smallest absolute Gasteiger partial charge is 0.262 e. The standard InChI is InChI=1S/C15H16FNO2S/c1-9-6-7-20-14(9)15(18)17-10(2)11-4-5-13(19-3)12(16)8-11/h4-8,10H,1-3H3,(H,17,18)/t10-/m1/s1. The van der Waals surface area contributed by atoms with E-state index in [9.17, 15) is 9.18 Å². The SMILES string of the molecule is COc1ccc([C@@H](C)NC(=O)c2sccc2C)cc1F. The summed E-state index contributed by atoms with van der Waals surface area (Å²) in [6.45, 7) is 3.71. The zero-order valence-corrected chi connectivity index (χ0v) is 12.4. The molecule has 0 aliphatic heterocycles. The minimum atomic E-state index is -0.432. The van der Waals surface area contributed by atoms with E-state index in [4.69, 9.17) is 4.74 Å². The van der Waals surface area contributed by atoms with E-state index in [1.807, 2.05) is 25.3 Å². The average Bonchev–Trinajstić information content (AvgIpc) is 2.84. The molecule has 0 aliphatic carbocycles. The van der Waals surface area contributed by atoms with Crippen LogP contribution < -0.4 is 10.1 Å². The van der Waals surface area contributed by atoms with Gasteiger partial charge in [0.05, 0.1) is 18.0 Å². The van der Waals surface area contributed by atoms with E-state index >= 15 is 0 Å². The fourth-order valence-corrected chi connectivity index (χ4v) is 2.73. The normalized spacial score (nSPS) is 12.0. The number of amides is 1. The maximum absolute atomic E-state index is 13.7. The quantitative estimate of drug-likeness (QED) is 0.933. The summed E-state index contributed by atoms with van der Waals surface area (Å²) in [5.41, 5.74) is 1.64. The Bertz CT molecular complexity index is 624. The van der Waals surface area contributed by atoms with Gasteiger partial charge in [0.2, 0.25) is 0 Å². The second-order valence-electron chi connectivity index (χ2n) is 4.52. The molecule has 1 heterocycles. The monoisotopic (exact) mass is 293 g/mol. The maximum atomic E-state index is 13.7. The Morgan fingerprint density at radius 2 is 2.15 bits per heavy atom. The summed E-state index contributed by atoms with van der Waals surface area (Å²) in [6.07, 6.45) is 0. The van der Waals surface area contributed by atoms with Gasteiger partial charge in [0.1, 0.15) is 0 Å². The van der Waals surface area contributed by atoms with Gasteiger partial charge in [-0.15, -0.1) is 11.3 Å². The fraction of sp³-hybridized carbons (Fsp3) is 0.267. The molecule has 0 saturated carbocycles. The van der Waals surface area contributed by atoms with Crippen molar-refractivity contribution >= 4 is 17.2 Å². The number of hydrogen-bond acceptors (Lipinski definition) is 3. The van der Waals surface area contributed by atoms with Crippen LogP contribution in [0.15, 0.2) is 29.6 Å². The Morgan fingerprint density at radius 3 is 2.70 bits per heavy atom. The number of methoxy groups -OCH3 is 1. The second-order valence-corrected chi connectivity index (χ2v) is 5.44. The Kier molecular flexibility index (Phi) is 4.39. The van der Waals surface area contributed by atoms with Crippen LogP contribution in [0.2, 0.25) is 0 Å². The van der Waals surface area contributed by atoms with Gasteiger partial charge < -0.3 is 10.1 Å². The number of carbonyl (C=O) groups excluding carboxylic acids is 1. The molecule has 1 aromatic heterocycles. The van der Waals surface area contributed by atoms with E-state index in [1.165, 1.54) is 24.5 Å². The number of halogens is 1. The van der Waals surface area contributed by atoms with Crippen molar-refractivity contribution in [2.45, 2.75) is 19.9 Å².